The predicted molar refractivity (Wildman–Crippen MR) is 488 cm³/mol. The molecule has 1 atom stereocenters. The van der Waals surface area contributed by atoms with Crippen molar-refractivity contribution in [2.75, 3.05) is 162 Å². The van der Waals surface area contributed by atoms with Gasteiger partial charge in [-0.25, -0.2) is 9.59 Å². The first-order valence-corrected chi connectivity index (χ1v) is 44.1. The van der Waals surface area contributed by atoms with E-state index in [1.54, 1.807) is 48.5 Å². The molecule has 41 heteroatoms. The molecule has 0 saturated carbocycles. The number of phenolic OH excluding ortho intramolecular Hbond substituents is 2. The van der Waals surface area contributed by atoms with Crippen molar-refractivity contribution in [1.82, 2.24) is 36.1 Å². The minimum absolute atomic E-state index is 0. The van der Waals surface area contributed by atoms with Crippen LogP contribution in [0, 0.1) is 0 Å². The molecule has 0 aromatic heterocycles. The molecule has 2 fully saturated rings. The van der Waals surface area contributed by atoms with Crippen LogP contribution in [0.15, 0.2) is 140 Å². The third-order valence-corrected chi connectivity index (χ3v) is 20.8. The van der Waals surface area contributed by atoms with Gasteiger partial charge in [0.1, 0.15) is 45.7 Å². The molecule has 38 nitrogen and oxygen atoms in total. The van der Waals surface area contributed by atoms with Crippen LogP contribution in [-0.2, 0) is 95.5 Å². The van der Waals surface area contributed by atoms with Gasteiger partial charge in [0.15, 0.2) is 10.9 Å². The molecule has 11 rings (SSSR count). The molecule has 4 aromatic carbocycles. The molecule has 5 aliphatic heterocycles. The van der Waals surface area contributed by atoms with Crippen LogP contribution in [0.4, 0.5) is 0 Å². The van der Waals surface area contributed by atoms with Crippen LogP contribution >= 0.6 is 37.0 Å². The Kier molecular flexibility index (Phi) is 46.2. The molecule has 0 spiro atoms. The standard InChI is InChI=1S/2C23H17NO6S.C22H31N3O11.C22H38N2O8S.CH4/c25-12-29-19-6-1-13(23(28)24-7-8-31)9-18(19)22-16-4-2-14(26)10-20(16)30-21-11-15(27)3-5-17(21)22;25-13-2-5-16-19(10-13)30-20-11-14(26)3-6-17(20)21(16)15-4-1-12(9-18(15)23(28)29)22(27)24-7-8-31;26-17(5-8-24-18(27)1-2-19(24)28)23-7-10-33-12-14-35-16-15-34-13-11-32-9-6-22(31)36-25-20(29)3-4-21(25)30;1-3-16-33-19-17-21(27)24(22(19)28)7-4-20(26)23-6-9-30-11-13-32-15-14-31-12-10-29-8-5-18(2)25;/h1-6,9-12,26,31H,7-8H2,(H,24,28);1-6,9-11,25,31H,7-8H2,(H,24,27)(H,28,29);1-2H,3-16H2,(H,23,26);19H,3-17H2,1-2H3,(H,23,26);1H4. The SMILES string of the molecule is C.CCCSC1CC(=O)N(CCC(=O)NCCOCCOCCOCCOCCC(C)=O)C1=O.O=C(CCN1C(=O)C=CC1=O)NCCOCCOCCOCCOCCC(=O)ON1C(=O)CCC1=O.O=C(NCCS)c1ccc(-c2c3ccc(=O)cc-3oc3cc(O)ccc23)c(C(=O)O)c1.O=COc1ccc(C(=O)NCCS)cc1-c1c2ccc(=O)cc-2oc2cc(O)ccc12. The Morgan fingerprint density at radius 2 is 0.932 bits per heavy atom. The van der Waals surface area contributed by atoms with E-state index in [4.69, 9.17) is 56.3 Å². The predicted octanol–water partition coefficient (Wildman–Crippen LogP) is 7.02. The highest BCUT2D eigenvalue weighted by Crippen LogP contribution is 2.45. The van der Waals surface area contributed by atoms with Gasteiger partial charge in [0.25, 0.3) is 41.9 Å². The molecule has 710 valence electrons. The van der Waals surface area contributed by atoms with Crippen LogP contribution < -0.4 is 36.9 Å². The van der Waals surface area contributed by atoms with Crippen LogP contribution in [-0.4, -0.2) is 281 Å². The number of nitrogens with zero attached hydrogens (tertiary/aromatic N) is 3. The lowest BCUT2D eigenvalue weighted by Crippen LogP contribution is -2.36. The Balaban J connectivity index is 0.000000240. The first-order valence-electron chi connectivity index (χ1n) is 41.7. The lowest BCUT2D eigenvalue weighted by atomic mass is 9.90. The lowest BCUT2D eigenvalue weighted by Gasteiger charge is -2.17. The van der Waals surface area contributed by atoms with Crippen molar-refractivity contribution < 1.29 is 139 Å². The lowest BCUT2D eigenvalue weighted by molar-refractivity contribution is -0.198. The van der Waals surface area contributed by atoms with Crippen LogP contribution in [0.3, 0.4) is 0 Å². The number of nitrogens with one attached hydrogen (secondary N) is 4. The van der Waals surface area contributed by atoms with Gasteiger partial charge in [0.05, 0.1) is 123 Å². The first-order chi connectivity index (χ1) is 63.2. The maximum absolute atomic E-state index is 12.5. The quantitative estimate of drug-likeness (QED) is 0.00607. The second-order valence-electron chi connectivity index (χ2n) is 28.5. The van der Waals surface area contributed by atoms with E-state index in [2.05, 4.69) is 46.5 Å². The Morgan fingerprint density at radius 1 is 0.492 bits per heavy atom. The fourth-order valence-corrected chi connectivity index (χ4v) is 14.0. The first kappa shape index (κ1) is 107. The van der Waals surface area contributed by atoms with E-state index >= 15 is 0 Å². The number of hydrogen-bond donors (Lipinski definition) is 9. The van der Waals surface area contributed by atoms with E-state index in [-0.39, 0.29) is 158 Å². The monoisotopic (exact) mass is 1890 g/mol. The number of hydroxylamine groups is 2. The third kappa shape index (κ3) is 34.1. The molecule has 0 bridgehead atoms. The number of rotatable bonds is 51. The summed E-state index contributed by atoms with van der Waals surface area (Å²) in [5, 5.41) is 41.8. The number of carboxylic acids is 1. The maximum atomic E-state index is 12.5. The van der Waals surface area contributed by atoms with Crippen molar-refractivity contribution in [3.63, 3.8) is 0 Å². The van der Waals surface area contributed by atoms with Crippen molar-refractivity contribution >= 4 is 142 Å². The number of Topliss-reactive ketones (excluding diaryl/α,β-unsaturated/α-hetero) is 1. The van der Waals surface area contributed by atoms with Gasteiger partial charge in [0.2, 0.25) is 23.6 Å². The number of likely N-dealkylation sites (tertiary alicyclic amines) is 1. The van der Waals surface area contributed by atoms with Gasteiger partial charge in [-0.1, -0.05) is 20.4 Å². The van der Waals surface area contributed by atoms with Crippen LogP contribution in [0.1, 0.15) is 104 Å². The molecule has 4 aromatic rings. The second-order valence-corrected chi connectivity index (χ2v) is 30.7. The molecule has 0 radical (unpaired) electrons. The molecule has 10 amide bonds. The van der Waals surface area contributed by atoms with E-state index in [9.17, 15) is 92.0 Å². The van der Waals surface area contributed by atoms with Crippen LogP contribution in [0.5, 0.6) is 17.2 Å². The van der Waals surface area contributed by atoms with Gasteiger partial charge < -0.3 is 92.9 Å². The van der Waals surface area contributed by atoms with Gasteiger partial charge in [-0.2, -0.15) is 25.3 Å². The summed E-state index contributed by atoms with van der Waals surface area (Å²) < 4.78 is 59.4. The van der Waals surface area contributed by atoms with E-state index < -0.39 is 41.5 Å². The molecule has 7 N–H and O–H groups in total. The largest absolute Gasteiger partial charge is 0.508 e. The highest BCUT2D eigenvalue weighted by molar-refractivity contribution is 8.00. The van der Waals surface area contributed by atoms with Crippen molar-refractivity contribution in [3.05, 3.63) is 158 Å². The molecular formula is C91H107N7O31S3. The topological polar surface area (TPSA) is 510 Å². The Bertz CT molecular complexity index is 5360. The minimum Gasteiger partial charge on any atom is -0.508 e. The summed E-state index contributed by atoms with van der Waals surface area (Å²) in [5.74, 6) is -2.76. The van der Waals surface area contributed by atoms with Gasteiger partial charge >= 0.3 is 11.9 Å². The van der Waals surface area contributed by atoms with E-state index in [1.165, 1.54) is 96.4 Å². The summed E-state index contributed by atoms with van der Waals surface area (Å²) in [6, 6.07) is 26.8. The number of hydrogen-bond acceptors (Lipinski definition) is 33. The van der Waals surface area contributed by atoms with Gasteiger partial charge in [-0.05, 0) is 104 Å². The number of aromatic hydroxyl groups is 2. The second kappa shape index (κ2) is 57.1. The van der Waals surface area contributed by atoms with E-state index in [0.717, 1.165) is 17.1 Å². The number of thiol groups is 2. The highest BCUT2D eigenvalue weighted by Gasteiger charge is 2.39. The van der Waals surface area contributed by atoms with Gasteiger partial charge in [0, 0.05) is 175 Å². The molecule has 2 saturated heterocycles. The Morgan fingerprint density at radius 3 is 1.39 bits per heavy atom. The number of benzene rings is 6. The number of carboxylic acid groups (broad SMARTS) is 1. The fraction of sp³-hybridized carbons (Fsp3) is 0.407. The zero-order chi connectivity index (χ0) is 94.6. The smallest absolute Gasteiger partial charge is 0.336 e. The number of carbonyl (C=O) groups excluding carboxylic acids is 13. The summed E-state index contributed by atoms with van der Waals surface area (Å²) >= 11 is 9.65. The van der Waals surface area contributed by atoms with Crippen molar-refractivity contribution in [1.29, 1.82) is 0 Å². The number of imide groups is 3. The number of thioether (sulfide) groups is 1. The average molecular weight is 1890 g/mol. The van der Waals surface area contributed by atoms with Gasteiger partial charge in [-0.3, -0.25) is 76.9 Å². The number of aromatic carboxylic acids is 1. The van der Waals surface area contributed by atoms with Crippen LogP contribution in [0.25, 0.3) is 66.8 Å². The number of amides is 10. The number of carbonyl (C=O) groups is 14. The zero-order valence-electron chi connectivity index (χ0n) is 72.0. The van der Waals surface area contributed by atoms with Gasteiger partial charge in [-0.15, -0.1) is 16.8 Å². The number of phenols is 2. The molecular weight excluding hydrogens is 1780 g/mol. The number of ether oxygens (including phenoxy) is 9. The molecule has 132 heavy (non-hydrogen) atoms. The average Bonchev–Trinajstić information content (AvgIpc) is 1.08. The van der Waals surface area contributed by atoms with Crippen molar-refractivity contribution in [2.45, 2.75) is 77.9 Å². The maximum Gasteiger partial charge on any atom is 0.336 e. The Hall–Kier alpha value is -12.3. The van der Waals surface area contributed by atoms with E-state index in [1.807, 2.05) is 6.92 Å². The summed E-state index contributed by atoms with van der Waals surface area (Å²) in [6.45, 7) is 11.1. The fourth-order valence-electron chi connectivity index (χ4n) is 12.7. The summed E-state index contributed by atoms with van der Waals surface area (Å²) in [7, 11) is 0. The highest BCUT2D eigenvalue weighted by atomic mass is 32.2. The molecule has 7 aliphatic rings. The van der Waals surface area contributed by atoms with E-state index in [0.29, 0.717) is 215 Å². The Labute approximate surface area is 773 Å². The van der Waals surface area contributed by atoms with Crippen molar-refractivity contribution in [2.24, 2.45) is 0 Å². The summed E-state index contributed by atoms with van der Waals surface area (Å²) in [6.07, 6.45) is 4.07. The summed E-state index contributed by atoms with van der Waals surface area (Å²) in [4.78, 5) is 194. The minimum atomic E-state index is -1.21. The summed E-state index contributed by atoms with van der Waals surface area (Å²) in [5.41, 5.74) is 3.65. The van der Waals surface area contributed by atoms with Crippen molar-refractivity contribution in [3.8, 4) is 62.1 Å². The number of ketones is 1. The molecule has 2 aliphatic carbocycles. The normalized spacial score (nSPS) is 13.3. The molecule has 5 heterocycles. The third-order valence-electron chi connectivity index (χ3n) is 19.0. The zero-order valence-corrected chi connectivity index (χ0v) is 74.6. The molecule has 1 unspecified atom stereocenters. The van der Waals surface area contributed by atoms with Crippen LogP contribution in [0.2, 0.25) is 0 Å². The number of fused-ring (bicyclic) bond motifs is 4.